The molecule has 0 heteroatoms. The third kappa shape index (κ3) is 2.72. The van der Waals surface area contributed by atoms with Crippen LogP contribution in [-0.2, 0) is 0 Å². The predicted octanol–water partition coefficient (Wildman–Crippen LogP) is 4.34. The molecule has 0 saturated heterocycles. The lowest BCUT2D eigenvalue weighted by atomic mass is 9.80. The van der Waals surface area contributed by atoms with Crippen LogP contribution in [0.4, 0.5) is 0 Å². The van der Waals surface area contributed by atoms with Gasteiger partial charge >= 0.3 is 0 Å². The summed E-state index contributed by atoms with van der Waals surface area (Å²) in [4.78, 5) is 0. The van der Waals surface area contributed by atoms with E-state index in [-0.39, 0.29) is 0 Å². The standard InChI is InChI=1S/C13H22/c1-4-8-12-9-6-7-10-13(12)11(3)5-2/h6-7,10-12H,4-5,8-9H2,1-3H3. The van der Waals surface area contributed by atoms with Crippen LogP contribution >= 0.6 is 0 Å². The van der Waals surface area contributed by atoms with Crippen molar-refractivity contribution in [2.24, 2.45) is 11.8 Å². The molecule has 0 spiro atoms. The van der Waals surface area contributed by atoms with E-state index in [1.165, 1.54) is 25.7 Å². The van der Waals surface area contributed by atoms with Gasteiger partial charge in [0.15, 0.2) is 0 Å². The van der Waals surface area contributed by atoms with Crippen molar-refractivity contribution in [3.8, 4) is 0 Å². The SMILES string of the molecule is CCCC1CC=CC=C1C(C)CC. The molecule has 0 heterocycles. The van der Waals surface area contributed by atoms with Crippen LogP contribution in [0.25, 0.3) is 0 Å². The average molecular weight is 178 g/mol. The van der Waals surface area contributed by atoms with Gasteiger partial charge in [0.1, 0.15) is 0 Å². The Morgan fingerprint density at radius 1 is 1.46 bits per heavy atom. The molecule has 1 rings (SSSR count). The van der Waals surface area contributed by atoms with Crippen molar-refractivity contribution in [1.29, 1.82) is 0 Å². The molecule has 0 nitrogen and oxygen atoms in total. The van der Waals surface area contributed by atoms with E-state index in [0.717, 1.165) is 11.8 Å². The van der Waals surface area contributed by atoms with Crippen molar-refractivity contribution in [3.63, 3.8) is 0 Å². The molecule has 2 unspecified atom stereocenters. The summed E-state index contributed by atoms with van der Waals surface area (Å²) in [6.45, 7) is 6.92. The van der Waals surface area contributed by atoms with Gasteiger partial charge in [0.05, 0.1) is 0 Å². The van der Waals surface area contributed by atoms with Gasteiger partial charge in [-0.25, -0.2) is 0 Å². The lowest BCUT2D eigenvalue weighted by molar-refractivity contribution is 0.477. The summed E-state index contributed by atoms with van der Waals surface area (Å²) in [5.41, 5.74) is 1.69. The van der Waals surface area contributed by atoms with Crippen molar-refractivity contribution in [1.82, 2.24) is 0 Å². The Kier molecular flexibility index (Phi) is 4.27. The highest BCUT2D eigenvalue weighted by atomic mass is 14.2. The minimum atomic E-state index is 0.779. The van der Waals surface area contributed by atoms with Gasteiger partial charge in [-0.15, -0.1) is 0 Å². The molecule has 2 atom stereocenters. The van der Waals surface area contributed by atoms with Crippen LogP contribution in [-0.4, -0.2) is 0 Å². The first-order valence-electron chi connectivity index (χ1n) is 5.66. The van der Waals surface area contributed by atoms with Gasteiger partial charge < -0.3 is 0 Å². The number of rotatable bonds is 4. The first-order valence-corrected chi connectivity index (χ1v) is 5.66. The Hall–Kier alpha value is -0.520. The maximum Gasteiger partial charge on any atom is -0.0163 e. The second-order valence-corrected chi connectivity index (χ2v) is 4.13. The zero-order valence-electron chi connectivity index (χ0n) is 9.22. The quantitative estimate of drug-likeness (QED) is 0.601. The van der Waals surface area contributed by atoms with E-state index in [1.807, 2.05) is 0 Å². The summed E-state index contributed by atoms with van der Waals surface area (Å²) in [5.74, 6) is 1.62. The lowest BCUT2D eigenvalue weighted by Crippen LogP contribution is -2.12. The van der Waals surface area contributed by atoms with E-state index in [4.69, 9.17) is 0 Å². The van der Waals surface area contributed by atoms with Crippen LogP contribution in [0.1, 0.15) is 46.5 Å². The number of hydrogen-bond donors (Lipinski definition) is 0. The van der Waals surface area contributed by atoms with Gasteiger partial charge in [-0.3, -0.25) is 0 Å². The summed E-state index contributed by atoms with van der Waals surface area (Å²) < 4.78 is 0. The molecule has 74 valence electrons. The van der Waals surface area contributed by atoms with Gasteiger partial charge in [-0.2, -0.15) is 0 Å². The number of allylic oxidation sites excluding steroid dienone is 4. The summed E-state index contributed by atoms with van der Waals surface area (Å²) >= 11 is 0. The van der Waals surface area contributed by atoms with Gasteiger partial charge in [0.2, 0.25) is 0 Å². The van der Waals surface area contributed by atoms with Crippen LogP contribution in [0.15, 0.2) is 23.8 Å². The largest absolute Gasteiger partial charge is 0.0839 e. The fourth-order valence-corrected chi connectivity index (χ4v) is 2.13. The van der Waals surface area contributed by atoms with Crippen LogP contribution in [0.5, 0.6) is 0 Å². The normalized spacial score (nSPS) is 24.2. The summed E-state index contributed by atoms with van der Waals surface area (Å²) in [6.07, 6.45) is 12.1. The fraction of sp³-hybridized carbons (Fsp3) is 0.692. The summed E-state index contributed by atoms with van der Waals surface area (Å²) in [7, 11) is 0. The maximum absolute atomic E-state index is 2.35. The molecule has 1 aliphatic carbocycles. The molecule has 0 amide bonds. The second kappa shape index (κ2) is 5.26. The highest BCUT2D eigenvalue weighted by molar-refractivity contribution is 5.22. The molecule has 13 heavy (non-hydrogen) atoms. The van der Waals surface area contributed by atoms with E-state index in [1.54, 1.807) is 5.57 Å². The minimum absolute atomic E-state index is 0.779. The van der Waals surface area contributed by atoms with Gasteiger partial charge in [0.25, 0.3) is 0 Å². The van der Waals surface area contributed by atoms with Crippen LogP contribution < -0.4 is 0 Å². The molecular weight excluding hydrogens is 156 g/mol. The smallest absolute Gasteiger partial charge is 0.0163 e. The van der Waals surface area contributed by atoms with Crippen LogP contribution in [0.2, 0.25) is 0 Å². The molecule has 0 bridgehead atoms. The molecule has 0 aromatic rings. The van der Waals surface area contributed by atoms with E-state index in [0.29, 0.717) is 0 Å². The molecule has 0 saturated carbocycles. The summed E-state index contributed by atoms with van der Waals surface area (Å²) in [6, 6.07) is 0. The Morgan fingerprint density at radius 2 is 2.23 bits per heavy atom. The highest BCUT2D eigenvalue weighted by Crippen LogP contribution is 2.31. The van der Waals surface area contributed by atoms with E-state index in [2.05, 4.69) is 39.0 Å². The topological polar surface area (TPSA) is 0 Å². The van der Waals surface area contributed by atoms with Crippen molar-refractivity contribution >= 4 is 0 Å². The molecule has 0 fully saturated rings. The highest BCUT2D eigenvalue weighted by Gasteiger charge is 2.18. The van der Waals surface area contributed by atoms with Gasteiger partial charge in [-0.05, 0) is 31.1 Å². The molecule has 0 aromatic carbocycles. The Morgan fingerprint density at radius 3 is 2.85 bits per heavy atom. The van der Waals surface area contributed by atoms with Crippen molar-refractivity contribution < 1.29 is 0 Å². The van der Waals surface area contributed by atoms with Crippen molar-refractivity contribution in [2.75, 3.05) is 0 Å². The molecule has 0 radical (unpaired) electrons. The molecule has 1 aliphatic rings. The number of hydrogen-bond acceptors (Lipinski definition) is 0. The lowest BCUT2D eigenvalue weighted by Gasteiger charge is -2.25. The van der Waals surface area contributed by atoms with E-state index >= 15 is 0 Å². The third-order valence-corrected chi connectivity index (χ3v) is 3.14. The van der Waals surface area contributed by atoms with Crippen LogP contribution in [0, 0.1) is 11.8 Å². The van der Waals surface area contributed by atoms with Gasteiger partial charge in [-0.1, -0.05) is 51.0 Å². The second-order valence-electron chi connectivity index (χ2n) is 4.13. The maximum atomic E-state index is 2.35. The molecular formula is C13H22. The first-order chi connectivity index (χ1) is 6.29. The monoisotopic (exact) mass is 178 g/mol. The summed E-state index contributed by atoms with van der Waals surface area (Å²) in [5, 5.41) is 0. The minimum Gasteiger partial charge on any atom is -0.0839 e. The third-order valence-electron chi connectivity index (χ3n) is 3.14. The van der Waals surface area contributed by atoms with Gasteiger partial charge in [0, 0.05) is 0 Å². The van der Waals surface area contributed by atoms with Crippen LogP contribution in [0.3, 0.4) is 0 Å². The Bertz CT molecular complexity index is 198. The Balaban J connectivity index is 2.64. The predicted molar refractivity (Wildman–Crippen MR) is 59.7 cm³/mol. The Labute approximate surface area is 82.7 Å². The van der Waals surface area contributed by atoms with Crippen molar-refractivity contribution in [2.45, 2.75) is 46.5 Å². The first kappa shape index (κ1) is 10.6. The average Bonchev–Trinajstić information content (AvgIpc) is 2.18. The van der Waals surface area contributed by atoms with Crippen molar-refractivity contribution in [3.05, 3.63) is 23.8 Å². The zero-order valence-corrected chi connectivity index (χ0v) is 9.22. The van der Waals surface area contributed by atoms with E-state index in [9.17, 15) is 0 Å². The molecule has 0 N–H and O–H groups in total. The van der Waals surface area contributed by atoms with E-state index < -0.39 is 0 Å². The fourth-order valence-electron chi connectivity index (χ4n) is 2.13. The molecule has 0 aromatic heterocycles. The zero-order chi connectivity index (χ0) is 9.68. The molecule has 0 aliphatic heterocycles.